The Morgan fingerprint density at radius 1 is 0.632 bits per heavy atom. The third-order valence-corrected chi connectivity index (χ3v) is 7.33. The van der Waals surface area contributed by atoms with E-state index in [1.54, 1.807) is 6.08 Å². The van der Waals surface area contributed by atoms with E-state index < -0.39 is 17.8 Å². The number of imide groups is 2. The van der Waals surface area contributed by atoms with Gasteiger partial charge in [0, 0.05) is 48.7 Å². The predicted octanol–water partition coefficient (Wildman–Crippen LogP) is 6.09. The fourth-order valence-electron chi connectivity index (χ4n) is 5.47. The first-order chi connectivity index (χ1) is 18.4. The van der Waals surface area contributed by atoms with Gasteiger partial charge in [-0.3, -0.25) is 19.4 Å². The number of carbonyl (C=O) groups excluding carboxylic acids is 3. The van der Waals surface area contributed by atoms with E-state index in [9.17, 15) is 14.4 Å². The van der Waals surface area contributed by atoms with Crippen molar-refractivity contribution in [2.24, 2.45) is 7.05 Å². The first-order valence-corrected chi connectivity index (χ1v) is 12.4. The molecule has 2 heterocycles. The van der Waals surface area contributed by atoms with Crippen LogP contribution in [0.5, 0.6) is 0 Å². The van der Waals surface area contributed by atoms with Crippen LogP contribution in [0.15, 0.2) is 96.6 Å². The van der Waals surface area contributed by atoms with Crippen molar-refractivity contribution in [3.05, 3.63) is 102 Å². The zero-order valence-electron chi connectivity index (χ0n) is 21.3. The van der Waals surface area contributed by atoms with Crippen molar-refractivity contribution in [3.63, 3.8) is 0 Å². The molecule has 0 atom stereocenters. The largest absolute Gasteiger partial charge is 0.343 e. The van der Waals surface area contributed by atoms with E-state index in [-0.39, 0.29) is 5.57 Å². The van der Waals surface area contributed by atoms with Gasteiger partial charge in [0.25, 0.3) is 11.8 Å². The van der Waals surface area contributed by atoms with Gasteiger partial charge in [-0.15, -0.1) is 0 Å². The molecule has 0 spiro atoms. The lowest BCUT2D eigenvalue weighted by Gasteiger charge is -2.28. The Morgan fingerprint density at radius 3 is 1.89 bits per heavy atom. The smallest absolute Gasteiger partial charge is 0.333 e. The Hall–Kier alpha value is -4.97. The summed E-state index contributed by atoms with van der Waals surface area (Å²) in [5.41, 5.74) is 6.55. The lowest BCUT2D eigenvalue weighted by molar-refractivity contribution is -0.134. The molecule has 3 aromatic carbocycles. The van der Waals surface area contributed by atoms with Crippen LogP contribution in [0.4, 0.5) is 4.79 Å². The molecule has 0 unspecified atom stereocenters. The lowest BCUT2D eigenvalue weighted by atomic mass is 9.92. The third kappa shape index (κ3) is 3.38. The van der Waals surface area contributed by atoms with Crippen molar-refractivity contribution in [1.82, 2.24) is 14.4 Å². The van der Waals surface area contributed by atoms with E-state index in [0.717, 1.165) is 53.9 Å². The maximum absolute atomic E-state index is 12.7. The van der Waals surface area contributed by atoms with Crippen LogP contribution in [-0.2, 0) is 16.6 Å². The normalized spacial score (nSPS) is 14.6. The molecule has 4 amide bonds. The van der Waals surface area contributed by atoms with Crippen molar-refractivity contribution in [2.75, 3.05) is 14.1 Å². The number of hydrogen-bond acceptors (Lipinski definition) is 3. The van der Waals surface area contributed by atoms with Crippen LogP contribution in [0.3, 0.4) is 0 Å². The molecule has 6 heteroatoms. The van der Waals surface area contributed by atoms with Crippen LogP contribution in [0, 0.1) is 0 Å². The van der Waals surface area contributed by atoms with E-state index in [4.69, 9.17) is 0 Å². The summed E-state index contributed by atoms with van der Waals surface area (Å²) >= 11 is 0. The number of nitrogens with zero attached hydrogens (tertiary/aromatic N) is 3. The molecule has 3 aliphatic rings. The van der Waals surface area contributed by atoms with Gasteiger partial charge in [0.1, 0.15) is 5.57 Å². The molecular weight excluding hydrogens is 474 g/mol. The number of urea groups is 1. The number of fused-ring (bicyclic) bond motifs is 4. The molecule has 1 saturated heterocycles. The summed E-state index contributed by atoms with van der Waals surface area (Å²) in [4.78, 5) is 39.3. The molecule has 1 fully saturated rings. The summed E-state index contributed by atoms with van der Waals surface area (Å²) in [6.45, 7) is 0. The van der Waals surface area contributed by atoms with Crippen molar-refractivity contribution in [3.8, 4) is 22.4 Å². The van der Waals surface area contributed by atoms with E-state index >= 15 is 0 Å². The Bertz CT molecular complexity index is 1780. The predicted molar refractivity (Wildman–Crippen MR) is 151 cm³/mol. The van der Waals surface area contributed by atoms with Crippen LogP contribution in [0.25, 0.3) is 50.1 Å². The number of para-hydroxylation sites is 1. The lowest BCUT2D eigenvalue weighted by Crippen LogP contribution is -2.52. The Morgan fingerprint density at radius 2 is 1.21 bits per heavy atom. The number of aromatic nitrogens is 1. The van der Waals surface area contributed by atoms with E-state index in [2.05, 4.69) is 66.2 Å². The van der Waals surface area contributed by atoms with Crippen LogP contribution in [-0.4, -0.2) is 46.3 Å². The third-order valence-electron chi connectivity index (χ3n) is 7.33. The van der Waals surface area contributed by atoms with Crippen LogP contribution in [0.2, 0.25) is 0 Å². The topological polar surface area (TPSA) is 62.6 Å². The van der Waals surface area contributed by atoms with Crippen molar-refractivity contribution in [1.29, 1.82) is 0 Å². The van der Waals surface area contributed by atoms with Gasteiger partial charge in [-0.25, -0.2) is 4.79 Å². The number of amides is 4. The number of likely N-dealkylation sites (N-methyl/N-ethyl adjacent to an activating group) is 2. The number of benzene rings is 3. The molecule has 0 saturated carbocycles. The highest BCUT2D eigenvalue weighted by Gasteiger charge is 2.37. The first-order valence-electron chi connectivity index (χ1n) is 12.4. The zero-order chi connectivity index (χ0) is 26.6. The van der Waals surface area contributed by atoms with Crippen LogP contribution < -0.4 is 0 Å². The van der Waals surface area contributed by atoms with Crippen LogP contribution >= 0.6 is 0 Å². The van der Waals surface area contributed by atoms with Gasteiger partial charge in [0.15, 0.2) is 0 Å². The summed E-state index contributed by atoms with van der Waals surface area (Å²) in [6.07, 6.45) is 5.16. The maximum Gasteiger partial charge on any atom is 0.333 e. The Kier molecular flexibility index (Phi) is 5.46. The molecule has 1 aliphatic carbocycles. The second-order valence-corrected chi connectivity index (χ2v) is 9.45. The van der Waals surface area contributed by atoms with Gasteiger partial charge in [-0.05, 0) is 28.5 Å². The molecule has 0 bridgehead atoms. The Balaban J connectivity index is 1.62. The molecule has 2 aliphatic heterocycles. The summed E-state index contributed by atoms with van der Waals surface area (Å²) < 4.78 is 2.21. The van der Waals surface area contributed by atoms with E-state index in [1.165, 1.54) is 25.7 Å². The molecule has 38 heavy (non-hydrogen) atoms. The van der Waals surface area contributed by atoms with Gasteiger partial charge in [0.2, 0.25) is 0 Å². The minimum atomic E-state index is -0.638. The summed E-state index contributed by atoms with van der Waals surface area (Å²) in [7, 11) is 4.82. The van der Waals surface area contributed by atoms with Crippen molar-refractivity contribution >= 4 is 45.6 Å². The highest BCUT2D eigenvalue weighted by molar-refractivity contribution is 6.28. The molecule has 0 N–H and O–H groups in total. The number of hydrogen-bond donors (Lipinski definition) is 0. The molecular formula is C32H25N3O3. The number of aryl methyl sites for hydroxylation is 1. The number of pyridine rings is 1. The average molecular weight is 500 g/mol. The average Bonchev–Trinajstić information content (AvgIpc) is 3.28. The summed E-state index contributed by atoms with van der Waals surface area (Å²) in [5.74, 6) is -1.22. The quantitative estimate of drug-likeness (QED) is 0.223. The fourth-order valence-corrected chi connectivity index (χ4v) is 5.47. The Labute approximate surface area is 220 Å². The zero-order valence-corrected chi connectivity index (χ0v) is 21.3. The minimum Gasteiger partial charge on any atom is -0.343 e. The molecule has 6 rings (SSSR count). The number of carbonyl (C=O) groups is 3. The molecule has 3 aromatic rings. The van der Waals surface area contributed by atoms with Gasteiger partial charge >= 0.3 is 6.03 Å². The number of barbiturate groups is 1. The second-order valence-electron chi connectivity index (χ2n) is 9.45. The molecule has 0 aromatic heterocycles. The molecule has 6 nitrogen and oxygen atoms in total. The van der Waals surface area contributed by atoms with Gasteiger partial charge in [0.05, 0.1) is 5.69 Å². The number of rotatable bonds is 3. The summed E-state index contributed by atoms with van der Waals surface area (Å²) in [6, 6.07) is 26.4. The van der Waals surface area contributed by atoms with E-state index in [1.807, 2.05) is 30.3 Å². The highest BCUT2D eigenvalue weighted by Crippen LogP contribution is 2.48. The standard InChI is InChI=1S/C32H25N3O3/c1-33-26-19-10-9-16-24(26)27(20-12-5-4-6-13-20)28-22-15-8-7-14-21(22)23(29(28)33)17-11-18-25-30(36)34(2)32(38)35(3)31(25)37/h4-19H,1-3H3/b17-11+. The van der Waals surface area contributed by atoms with Gasteiger partial charge in [-0.2, -0.15) is 0 Å². The van der Waals surface area contributed by atoms with Crippen LogP contribution in [0.1, 0.15) is 5.56 Å². The molecule has 0 radical (unpaired) electrons. The monoisotopic (exact) mass is 499 g/mol. The van der Waals surface area contributed by atoms with E-state index in [0.29, 0.717) is 0 Å². The minimum absolute atomic E-state index is 0.0502. The van der Waals surface area contributed by atoms with Crippen molar-refractivity contribution in [2.45, 2.75) is 0 Å². The second kappa shape index (κ2) is 8.85. The fraction of sp³-hybridized carbons (Fsp3) is 0.0938. The number of allylic oxidation sites excluding steroid dienone is 2. The van der Waals surface area contributed by atoms with Gasteiger partial charge < -0.3 is 4.57 Å². The highest BCUT2D eigenvalue weighted by atomic mass is 16.2. The molecule has 186 valence electrons. The maximum atomic E-state index is 12.7. The first kappa shape index (κ1) is 23.4. The SMILES string of the molecule is CN1C(=O)C(=C/C=C/c2c3n(C)c4ccccc4c(-c4ccccc4)c-3c3ccccc23)C(=O)N(C)C1=O. The summed E-state index contributed by atoms with van der Waals surface area (Å²) in [5, 5.41) is 3.37. The van der Waals surface area contributed by atoms with Gasteiger partial charge in [-0.1, -0.05) is 84.9 Å². The van der Waals surface area contributed by atoms with Crippen molar-refractivity contribution < 1.29 is 14.4 Å².